The van der Waals surface area contributed by atoms with Gasteiger partial charge in [-0.15, -0.1) is 10.2 Å². The first-order valence-corrected chi connectivity index (χ1v) is 8.35. The van der Waals surface area contributed by atoms with Crippen LogP contribution in [0.15, 0.2) is 27.4 Å². The summed E-state index contributed by atoms with van der Waals surface area (Å²) in [6.07, 6.45) is 1.58. The van der Waals surface area contributed by atoms with E-state index in [9.17, 15) is 4.39 Å². The molecule has 2 rings (SSSR count). The summed E-state index contributed by atoms with van der Waals surface area (Å²) in [7, 11) is 3.81. The highest BCUT2D eigenvalue weighted by Crippen LogP contribution is 2.34. The maximum absolute atomic E-state index is 14.1. The molecular weight excluding hydrogens is 307 g/mol. The van der Waals surface area contributed by atoms with E-state index in [1.165, 1.54) is 23.1 Å². The van der Waals surface area contributed by atoms with Crippen molar-refractivity contribution < 1.29 is 4.39 Å². The van der Waals surface area contributed by atoms with Gasteiger partial charge in [0.15, 0.2) is 4.34 Å². The summed E-state index contributed by atoms with van der Waals surface area (Å²) < 4.78 is 14.9. The predicted octanol–water partition coefficient (Wildman–Crippen LogP) is 3.17. The van der Waals surface area contributed by atoms with Gasteiger partial charge in [-0.3, -0.25) is 0 Å². The molecule has 0 aliphatic rings. The zero-order valence-electron chi connectivity index (χ0n) is 12.3. The van der Waals surface area contributed by atoms with Gasteiger partial charge in [0, 0.05) is 20.1 Å². The molecule has 7 heteroatoms. The van der Waals surface area contributed by atoms with Gasteiger partial charge >= 0.3 is 0 Å². The van der Waals surface area contributed by atoms with Crippen molar-refractivity contribution in [3.05, 3.63) is 29.6 Å². The fraction of sp³-hybridized carbons (Fsp3) is 0.429. The van der Waals surface area contributed by atoms with E-state index in [0.717, 1.165) is 21.5 Å². The molecule has 4 nitrogen and oxygen atoms in total. The number of benzene rings is 1. The molecule has 114 valence electrons. The van der Waals surface area contributed by atoms with Crippen LogP contribution >= 0.6 is 23.1 Å². The minimum absolute atomic E-state index is 0.0775. The molecule has 1 heterocycles. The Labute approximate surface area is 132 Å². The van der Waals surface area contributed by atoms with Crippen molar-refractivity contribution >= 4 is 28.2 Å². The van der Waals surface area contributed by atoms with Crippen molar-refractivity contribution in [1.82, 2.24) is 10.2 Å². The van der Waals surface area contributed by atoms with Crippen LogP contribution in [0.2, 0.25) is 0 Å². The molecule has 2 aromatic rings. The summed E-state index contributed by atoms with van der Waals surface area (Å²) in [5.41, 5.74) is 6.83. The lowest BCUT2D eigenvalue weighted by atomic mass is 10.0. The van der Waals surface area contributed by atoms with Crippen LogP contribution in [0.5, 0.6) is 0 Å². The molecule has 0 bridgehead atoms. The van der Waals surface area contributed by atoms with Crippen molar-refractivity contribution in [3.8, 4) is 0 Å². The van der Waals surface area contributed by atoms with Crippen LogP contribution in [0.4, 0.5) is 9.52 Å². The fourth-order valence-corrected chi connectivity index (χ4v) is 3.44. The number of anilines is 1. The van der Waals surface area contributed by atoms with E-state index in [4.69, 9.17) is 5.73 Å². The molecule has 21 heavy (non-hydrogen) atoms. The van der Waals surface area contributed by atoms with Gasteiger partial charge < -0.3 is 10.6 Å². The topological polar surface area (TPSA) is 55.0 Å². The van der Waals surface area contributed by atoms with Gasteiger partial charge in [-0.2, -0.15) is 0 Å². The van der Waals surface area contributed by atoms with Gasteiger partial charge in [0.1, 0.15) is 5.82 Å². The molecule has 0 saturated carbocycles. The number of hydrogen-bond donors (Lipinski definition) is 1. The molecule has 0 spiro atoms. The minimum Gasteiger partial charge on any atom is -0.353 e. The highest BCUT2D eigenvalue weighted by Gasteiger charge is 2.12. The van der Waals surface area contributed by atoms with Gasteiger partial charge in [-0.05, 0) is 30.5 Å². The molecule has 0 aliphatic heterocycles. The largest absolute Gasteiger partial charge is 0.353 e. The Kier molecular flexibility index (Phi) is 5.55. The summed E-state index contributed by atoms with van der Waals surface area (Å²) in [6.45, 7) is 2.03. The van der Waals surface area contributed by atoms with Crippen molar-refractivity contribution in [2.24, 2.45) is 5.73 Å². The molecule has 0 aliphatic carbocycles. The molecule has 1 atom stereocenters. The lowest BCUT2D eigenvalue weighted by Crippen LogP contribution is -2.21. The third-order valence-corrected chi connectivity index (χ3v) is 5.19. The number of aromatic nitrogens is 2. The zero-order valence-corrected chi connectivity index (χ0v) is 14.0. The number of rotatable bonds is 6. The van der Waals surface area contributed by atoms with Gasteiger partial charge in [0.2, 0.25) is 5.13 Å². The summed E-state index contributed by atoms with van der Waals surface area (Å²) in [4.78, 5) is 2.44. The van der Waals surface area contributed by atoms with Crippen molar-refractivity contribution in [3.63, 3.8) is 0 Å². The van der Waals surface area contributed by atoms with Crippen LogP contribution in [-0.2, 0) is 6.42 Å². The number of nitrogens with two attached hydrogens (primary N) is 1. The third kappa shape index (κ3) is 4.39. The van der Waals surface area contributed by atoms with Crippen LogP contribution < -0.4 is 10.6 Å². The molecule has 1 unspecified atom stereocenters. The fourth-order valence-electron chi connectivity index (χ4n) is 1.72. The Morgan fingerprint density at radius 1 is 1.38 bits per heavy atom. The number of halogens is 1. The third-order valence-electron chi connectivity index (χ3n) is 2.99. The summed E-state index contributed by atoms with van der Waals surface area (Å²) in [6, 6.07) is 5.35. The van der Waals surface area contributed by atoms with Gasteiger partial charge in [-0.1, -0.05) is 36.1 Å². The predicted molar refractivity (Wildman–Crippen MR) is 86.7 cm³/mol. The maximum Gasteiger partial charge on any atom is 0.208 e. The lowest BCUT2D eigenvalue weighted by molar-refractivity contribution is 0.593. The Morgan fingerprint density at radius 3 is 2.71 bits per heavy atom. The SMILES string of the molecule is CCC(N)Cc1ccc(Sc2nnc(N(C)C)s2)c(F)c1. The first-order chi connectivity index (χ1) is 9.99. The average Bonchev–Trinajstić information content (AvgIpc) is 2.90. The van der Waals surface area contributed by atoms with Crippen LogP contribution in [0.25, 0.3) is 0 Å². The highest BCUT2D eigenvalue weighted by atomic mass is 32.2. The second-order valence-corrected chi connectivity index (χ2v) is 7.23. The number of nitrogens with zero attached hydrogens (tertiary/aromatic N) is 3. The standard InChI is InChI=1S/C14H19FN4S2/c1-4-10(16)7-9-5-6-12(11(15)8-9)20-14-18-17-13(21-14)19(2)3/h5-6,8,10H,4,7,16H2,1-3H3. The van der Waals surface area contributed by atoms with Gasteiger partial charge in [-0.25, -0.2) is 4.39 Å². The lowest BCUT2D eigenvalue weighted by Gasteiger charge is -2.09. The second kappa shape index (κ2) is 7.20. The Morgan fingerprint density at radius 2 is 2.14 bits per heavy atom. The van der Waals surface area contributed by atoms with E-state index >= 15 is 0 Å². The first-order valence-electron chi connectivity index (χ1n) is 6.72. The van der Waals surface area contributed by atoms with E-state index in [0.29, 0.717) is 11.3 Å². The van der Waals surface area contributed by atoms with Gasteiger partial charge in [0.05, 0.1) is 4.90 Å². The molecule has 2 N–H and O–H groups in total. The van der Waals surface area contributed by atoms with E-state index in [2.05, 4.69) is 10.2 Å². The quantitative estimate of drug-likeness (QED) is 0.883. The van der Waals surface area contributed by atoms with Gasteiger partial charge in [0.25, 0.3) is 0 Å². The first kappa shape index (κ1) is 16.2. The smallest absolute Gasteiger partial charge is 0.208 e. The minimum atomic E-state index is -0.234. The van der Waals surface area contributed by atoms with Crippen LogP contribution in [0.3, 0.4) is 0 Å². The number of hydrogen-bond acceptors (Lipinski definition) is 6. The molecule has 0 fully saturated rings. The summed E-state index contributed by atoms with van der Waals surface area (Å²) in [5.74, 6) is -0.234. The molecule has 0 amide bonds. The highest BCUT2D eigenvalue weighted by molar-refractivity contribution is 8.01. The van der Waals surface area contributed by atoms with E-state index in [1.54, 1.807) is 12.1 Å². The zero-order chi connectivity index (χ0) is 15.4. The Balaban J connectivity index is 2.09. The second-order valence-electron chi connectivity index (χ2n) is 4.98. The Hall–Kier alpha value is -1.18. The van der Waals surface area contributed by atoms with E-state index in [-0.39, 0.29) is 11.9 Å². The summed E-state index contributed by atoms with van der Waals surface area (Å²) in [5, 5.41) is 8.91. The average molecular weight is 326 g/mol. The Bertz CT molecular complexity index is 600. The van der Waals surface area contributed by atoms with Crippen molar-refractivity contribution in [1.29, 1.82) is 0 Å². The van der Waals surface area contributed by atoms with Crippen molar-refractivity contribution in [2.45, 2.75) is 35.0 Å². The summed E-state index contributed by atoms with van der Waals surface area (Å²) >= 11 is 2.74. The van der Waals surface area contributed by atoms with Crippen LogP contribution in [0, 0.1) is 5.82 Å². The molecule has 1 aromatic heterocycles. The van der Waals surface area contributed by atoms with Crippen LogP contribution in [0.1, 0.15) is 18.9 Å². The maximum atomic E-state index is 14.1. The van der Waals surface area contributed by atoms with E-state index in [1.807, 2.05) is 32.0 Å². The normalized spacial score (nSPS) is 12.4. The van der Waals surface area contributed by atoms with E-state index < -0.39 is 0 Å². The molecule has 0 radical (unpaired) electrons. The van der Waals surface area contributed by atoms with Crippen molar-refractivity contribution in [2.75, 3.05) is 19.0 Å². The molecule has 1 aromatic carbocycles. The van der Waals surface area contributed by atoms with Crippen LogP contribution in [-0.4, -0.2) is 30.3 Å². The monoisotopic (exact) mass is 326 g/mol. The molecule has 0 saturated heterocycles. The molecular formula is C14H19FN4S2.